The van der Waals surface area contributed by atoms with E-state index >= 15 is 0 Å². The quantitative estimate of drug-likeness (QED) is 0.813. The molecule has 0 spiro atoms. The first-order valence-electron chi connectivity index (χ1n) is 7.87. The average Bonchev–Trinajstić information content (AvgIpc) is 3.13. The van der Waals surface area contributed by atoms with Gasteiger partial charge >= 0.3 is 6.03 Å². The van der Waals surface area contributed by atoms with Crippen LogP contribution in [0.25, 0.3) is 0 Å². The van der Waals surface area contributed by atoms with Gasteiger partial charge in [-0.2, -0.15) is 0 Å². The summed E-state index contributed by atoms with van der Waals surface area (Å²) in [5, 5.41) is 0. The summed E-state index contributed by atoms with van der Waals surface area (Å²) in [6.07, 6.45) is 7.64. The van der Waals surface area contributed by atoms with Crippen LogP contribution in [-0.4, -0.2) is 76.0 Å². The van der Waals surface area contributed by atoms with Crippen LogP contribution in [0.4, 0.5) is 4.79 Å². The Balaban J connectivity index is 1.45. The van der Waals surface area contributed by atoms with E-state index in [2.05, 4.69) is 9.55 Å². The highest BCUT2D eigenvalue weighted by Gasteiger charge is 2.30. The summed E-state index contributed by atoms with van der Waals surface area (Å²) >= 11 is 0. The van der Waals surface area contributed by atoms with Crippen molar-refractivity contribution in [1.29, 1.82) is 0 Å². The van der Waals surface area contributed by atoms with Crippen LogP contribution in [0.3, 0.4) is 0 Å². The van der Waals surface area contributed by atoms with Crippen molar-refractivity contribution in [2.75, 3.05) is 39.8 Å². The summed E-state index contributed by atoms with van der Waals surface area (Å²) in [5.41, 5.74) is 0. The first kappa shape index (κ1) is 14.9. The molecule has 0 bridgehead atoms. The molecule has 1 aromatic heterocycles. The van der Waals surface area contributed by atoms with Gasteiger partial charge in [-0.3, -0.25) is 4.79 Å². The lowest BCUT2D eigenvalue weighted by molar-refractivity contribution is -0.133. The molecule has 0 atom stereocenters. The van der Waals surface area contributed by atoms with E-state index in [0.717, 1.165) is 32.5 Å². The number of piperidine rings is 1. The number of likely N-dealkylation sites (N-methyl/N-ethyl adjacent to an activating group) is 1. The lowest BCUT2D eigenvalue weighted by Gasteiger charge is -2.33. The molecule has 2 fully saturated rings. The van der Waals surface area contributed by atoms with Crippen LogP contribution in [0.5, 0.6) is 0 Å². The third-order valence-corrected chi connectivity index (χ3v) is 4.62. The molecule has 1 aromatic rings. The summed E-state index contributed by atoms with van der Waals surface area (Å²) in [6, 6.07) is -0.0386. The molecule has 3 rings (SSSR count). The zero-order valence-electron chi connectivity index (χ0n) is 13.0. The second kappa shape index (κ2) is 6.37. The highest BCUT2D eigenvalue weighted by atomic mass is 16.2. The van der Waals surface area contributed by atoms with Gasteiger partial charge in [0.15, 0.2) is 0 Å². The lowest BCUT2D eigenvalue weighted by Crippen LogP contribution is -2.45. The van der Waals surface area contributed by atoms with Crippen molar-refractivity contribution in [3.63, 3.8) is 0 Å². The van der Waals surface area contributed by atoms with Crippen molar-refractivity contribution in [2.24, 2.45) is 5.92 Å². The number of carbonyl (C=O) groups is 2. The molecule has 3 heterocycles. The van der Waals surface area contributed by atoms with E-state index in [1.165, 1.54) is 0 Å². The molecule has 0 N–H and O–H groups in total. The molecule has 3 amide bonds. The van der Waals surface area contributed by atoms with Crippen molar-refractivity contribution >= 4 is 11.9 Å². The predicted molar refractivity (Wildman–Crippen MR) is 81.1 cm³/mol. The van der Waals surface area contributed by atoms with E-state index in [1.807, 2.05) is 17.4 Å². The number of urea groups is 1. The molecule has 2 aliphatic heterocycles. The maximum absolute atomic E-state index is 12.3. The zero-order valence-corrected chi connectivity index (χ0v) is 13.0. The molecule has 120 valence electrons. The Kier molecular flexibility index (Phi) is 4.31. The van der Waals surface area contributed by atoms with Crippen LogP contribution in [0, 0.1) is 5.92 Å². The molecule has 0 aromatic carbocycles. The topological polar surface area (TPSA) is 61.7 Å². The lowest BCUT2D eigenvalue weighted by atomic mass is 9.96. The third-order valence-electron chi connectivity index (χ3n) is 4.62. The first-order valence-corrected chi connectivity index (χ1v) is 7.87. The number of amides is 3. The standard InChI is InChI=1S/C15H23N5O2/c1-17-8-9-20(15(17)22)11-14(21)19-5-2-13(3-6-19)10-18-7-4-16-12-18/h4,7,12-13H,2-3,5-6,8-11H2,1H3. The maximum Gasteiger partial charge on any atom is 0.320 e. The Morgan fingerprint density at radius 3 is 2.64 bits per heavy atom. The van der Waals surface area contributed by atoms with Crippen molar-refractivity contribution in [1.82, 2.24) is 24.3 Å². The van der Waals surface area contributed by atoms with Crippen molar-refractivity contribution in [3.8, 4) is 0 Å². The van der Waals surface area contributed by atoms with Gasteiger partial charge in [0, 0.05) is 52.2 Å². The van der Waals surface area contributed by atoms with Gasteiger partial charge in [0.1, 0.15) is 6.54 Å². The van der Waals surface area contributed by atoms with Gasteiger partial charge in [-0.25, -0.2) is 9.78 Å². The van der Waals surface area contributed by atoms with Crippen LogP contribution in [0.15, 0.2) is 18.7 Å². The summed E-state index contributed by atoms with van der Waals surface area (Å²) in [5.74, 6) is 0.669. The summed E-state index contributed by atoms with van der Waals surface area (Å²) < 4.78 is 2.10. The number of carbonyl (C=O) groups excluding carboxylic acids is 2. The molecular formula is C15H23N5O2. The minimum atomic E-state index is -0.0386. The molecular weight excluding hydrogens is 282 g/mol. The van der Waals surface area contributed by atoms with Crippen LogP contribution < -0.4 is 0 Å². The average molecular weight is 305 g/mol. The van der Waals surface area contributed by atoms with Crippen molar-refractivity contribution < 1.29 is 9.59 Å². The Hall–Kier alpha value is -2.05. The molecule has 2 saturated heterocycles. The fourth-order valence-corrected chi connectivity index (χ4v) is 3.17. The number of rotatable bonds is 4. The van der Waals surface area contributed by atoms with Gasteiger partial charge in [-0.05, 0) is 18.8 Å². The van der Waals surface area contributed by atoms with E-state index in [1.54, 1.807) is 23.0 Å². The predicted octanol–water partition coefficient (Wildman–Crippen LogP) is 0.489. The van der Waals surface area contributed by atoms with E-state index in [0.29, 0.717) is 19.0 Å². The Bertz CT molecular complexity index is 522. The van der Waals surface area contributed by atoms with Gasteiger partial charge in [-0.1, -0.05) is 0 Å². The van der Waals surface area contributed by atoms with Gasteiger partial charge in [-0.15, -0.1) is 0 Å². The molecule has 0 aliphatic carbocycles. The highest BCUT2D eigenvalue weighted by Crippen LogP contribution is 2.19. The van der Waals surface area contributed by atoms with E-state index in [-0.39, 0.29) is 18.5 Å². The first-order chi connectivity index (χ1) is 10.6. The van der Waals surface area contributed by atoms with E-state index in [4.69, 9.17) is 0 Å². The molecule has 0 unspecified atom stereocenters. The number of likely N-dealkylation sites (tertiary alicyclic amines) is 1. The van der Waals surface area contributed by atoms with E-state index < -0.39 is 0 Å². The molecule has 0 radical (unpaired) electrons. The number of aromatic nitrogens is 2. The van der Waals surface area contributed by atoms with Crippen molar-refractivity contribution in [3.05, 3.63) is 18.7 Å². The molecule has 22 heavy (non-hydrogen) atoms. The summed E-state index contributed by atoms with van der Waals surface area (Å²) in [4.78, 5) is 33.4. The zero-order chi connectivity index (χ0) is 15.5. The molecule has 2 aliphatic rings. The minimum absolute atomic E-state index is 0.0386. The van der Waals surface area contributed by atoms with Crippen LogP contribution in [-0.2, 0) is 11.3 Å². The fourth-order valence-electron chi connectivity index (χ4n) is 3.17. The fraction of sp³-hybridized carbons (Fsp3) is 0.667. The van der Waals surface area contributed by atoms with Crippen LogP contribution >= 0.6 is 0 Å². The number of imidazole rings is 1. The maximum atomic E-state index is 12.3. The normalized spacial score (nSPS) is 20.0. The van der Waals surface area contributed by atoms with Gasteiger partial charge in [0.2, 0.25) is 5.91 Å². The molecule has 7 heteroatoms. The molecule has 7 nitrogen and oxygen atoms in total. The second-order valence-electron chi connectivity index (χ2n) is 6.21. The summed E-state index contributed by atoms with van der Waals surface area (Å²) in [6.45, 7) is 4.12. The second-order valence-corrected chi connectivity index (χ2v) is 6.21. The Labute approximate surface area is 130 Å². The SMILES string of the molecule is CN1CCN(CC(=O)N2CCC(Cn3ccnc3)CC2)C1=O. The van der Waals surface area contributed by atoms with Gasteiger partial charge < -0.3 is 19.3 Å². The van der Waals surface area contributed by atoms with E-state index in [9.17, 15) is 9.59 Å². The number of nitrogens with zero attached hydrogens (tertiary/aromatic N) is 5. The monoisotopic (exact) mass is 305 g/mol. The minimum Gasteiger partial charge on any atom is -0.341 e. The number of hydrogen-bond acceptors (Lipinski definition) is 3. The third kappa shape index (κ3) is 3.23. The van der Waals surface area contributed by atoms with Crippen LogP contribution in [0.2, 0.25) is 0 Å². The number of hydrogen-bond donors (Lipinski definition) is 0. The Morgan fingerprint density at radius 2 is 2.05 bits per heavy atom. The Morgan fingerprint density at radius 1 is 1.27 bits per heavy atom. The van der Waals surface area contributed by atoms with Gasteiger partial charge in [0.05, 0.1) is 6.33 Å². The largest absolute Gasteiger partial charge is 0.341 e. The highest BCUT2D eigenvalue weighted by molar-refractivity contribution is 5.85. The molecule has 0 saturated carbocycles. The smallest absolute Gasteiger partial charge is 0.320 e. The van der Waals surface area contributed by atoms with Gasteiger partial charge in [0.25, 0.3) is 0 Å². The van der Waals surface area contributed by atoms with Crippen LogP contribution in [0.1, 0.15) is 12.8 Å². The summed E-state index contributed by atoms with van der Waals surface area (Å²) in [7, 11) is 1.77. The van der Waals surface area contributed by atoms with Crippen molar-refractivity contribution in [2.45, 2.75) is 19.4 Å².